The lowest BCUT2D eigenvalue weighted by atomic mass is 10.1. The smallest absolute Gasteiger partial charge is 0.207 e. The van der Waals surface area contributed by atoms with Crippen molar-refractivity contribution in [3.05, 3.63) is 3.95 Å². The van der Waals surface area contributed by atoms with Gasteiger partial charge in [0.05, 0.1) is 0 Å². The fraction of sp³-hybridized carbons (Fsp3) is 0.800. The van der Waals surface area contributed by atoms with Crippen molar-refractivity contribution >= 4 is 28.7 Å². The van der Waals surface area contributed by atoms with Crippen LogP contribution in [0.15, 0.2) is 0 Å². The van der Waals surface area contributed by atoms with E-state index in [-0.39, 0.29) is 5.54 Å². The minimum absolute atomic E-state index is 0.268. The maximum absolute atomic E-state index is 5.05. The van der Waals surface area contributed by atoms with E-state index >= 15 is 0 Å². The molecule has 1 aromatic heterocycles. The van der Waals surface area contributed by atoms with Crippen LogP contribution in [0.3, 0.4) is 0 Å². The number of anilines is 1. The average molecular weight is 258 g/mol. The molecule has 0 saturated carbocycles. The van der Waals surface area contributed by atoms with Gasteiger partial charge < -0.3 is 4.90 Å². The van der Waals surface area contributed by atoms with Crippen LogP contribution in [0.25, 0.3) is 0 Å². The van der Waals surface area contributed by atoms with Crippen LogP contribution in [0.1, 0.15) is 20.8 Å². The van der Waals surface area contributed by atoms with Gasteiger partial charge in [-0.2, -0.15) is 0 Å². The number of hydrogen-bond donors (Lipinski definition) is 1. The largest absolute Gasteiger partial charge is 0.344 e. The summed E-state index contributed by atoms with van der Waals surface area (Å²) in [5.74, 6) is 0. The molecule has 6 heteroatoms. The molecule has 0 aromatic carbocycles. The minimum atomic E-state index is 0.268. The Morgan fingerprint density at radius 3 is 2.31 bits per heavy atom. The molecule has 1 fully saturated rings. The van der Waals surface area contributed by atoms with Gasteiger partial charge in [0, 0.05) is 31.7 Å². The third kappa shape index (κ3) is 2.61. The Bertz CT molecular complexity index is 395. The molecule has 2 rings (SSSR count). The molecule has 0 aliphatic carbocycles. The van der Waals surface area contributed by atoms with Gasteiger partial charge in [0.15, 0.2) is 3.95 Å². The molecular formula is C10H18N4S2. The Hall–Kier alpha value is -0.460. The second-order valence-corrected chi connectivity index (χ2v) is 6.68. The van der Waals surface area contributed by atoms with Crippen molar-refractivity contribution in [2.75, 3.05) is 31.1 Å². The lowest BCUT2D eigenvalue weighted by Gasteiger charge is -2.42. The van der Waals surface area contributed by atoms with Crippen molar-refractivity contribution in [2.45, 2.75) is 26.3 Å². The molecule has 0 radical (unpaired) electrons. The number of piperazine rings is 1. The molecule has 1 aromatic rings. The average Bonchev–Trinajstić information content (AvgIpc) is 2.64. The van der Waals surface area contributed by atoms with Crippen molar-refractivity contribution in [2.24, 2.45) is 0 Å². The highest BCUT2D eigenvalue weighted by atomic mass is 32.1. The Balaban J connectivity index is 1.98. The summed E-state index contributed by atoms with van der Waals surface area (Å²) in [6.07, 6.45) is 0. The van der Waals surface area contributed by atoms with Crippen LogP contribution in [-0.2, 0) is 0 Å². The molecule has 1 saturated heterocycles. The maximum atomic E-state index is 5.05. The van der Waals surface area contributed by atoms with Crippen LogP contribution >= 0.6 is 23.6 Å². The van der Waals surface area contributed by atoms with E-state index < -0.39 is 0 Å². The lowest BCUT2D eigenvalue weighted by Crippen LogP contribution is -2.53. The van der Waals surface area contributed by atoms with E-state index in [9.17, 15) is 0 Å². The Kier molecular flexibility index (Phi) is 3.32. The fourth-order valence-corrected chi connectivity index (χ4v) is 2.86. The molecule has 0 spiro atoms. The van der Waals surface area contributed by atoms with E-state index in [1.165, 1.54) is 0 Å². The number of aromatic amines is 1. The highest BCUT2D eigenvalue weighted by Gasteiger charge is 2.26. The predicted molar refractivity (Wildman–Crippen MR) is 70.8 cm³/mol. The highest BCUT2D eigenvalue weighted by Crippen LogP contribution is 2.22. The van der Waals surface area contributed by atoms with Crippen LogP contribution in [0.4, 0.5) is 5.13 Å². The SMILES string of the molecule is CC(C)(C)N1CCN(c2n[nH]c(=S)s2)CC1. The number of nitrogens with zero attached hydrogens (tertiary/aromatic N) is 3. The van der Waals surface area contributed by atoms with Gasteiger partial charge in [-0.1, -0.05) is 11.3 Å². The zero-order valence-electron chi connectivity index (χ0n) is 9.99. The lowest BCUT2D eigenvalue weighted by molar-refractivity contribution is 0.128. The Morgan fingerprint density at radius 2 is 1.88 bits per heavy atom. The van der Waals surface area contributed by atoms with Crippen LogP contribution < -0.4 is 4.90 Å². The topological polar surface area (TPSA) is 35.2 Å². The van der Waals surface area contributed by atoms with Gasteiger partial charge in [-0.25, -0.2) is 0 Å². The molecule has 16 heavy (non-hydrogen) atoms. The van der Waals surface area contributed by atoms with Gasteiger partial charge in [0.2, 0.25) is 5.13 Å². The van der Waals surface area contributed by atoms with E-state index in [1.807, 2.05) is 0 Å². The molecule has 0 bridgehead atoms. The fourth-order valence-electron chi connectivity index (χ4n) is 1.93. The minimum Gasteiger partial charge on any atom is -0.344 e. The van der Waals surface area contributed by atoms with Crippen LogP contribution in [0.2, 0.25) is 0 Å². The molecule has 1 aliphatic heterocycles. The summed E-state index contributed by atoms with van der Waals surface area (Å²) >= 11 is 6.61. The summed E-state index contributed by atoms with van der Waals surface area (Å²) < 4.78 is 0.758. The normalized spacial score (nSPS) is 19.1. The molecule has 0 unspecified atom stereocenters. The molecular weight excluding hydrogens is 240 g/mol. The predicted octanol–water partition coefficient (Wildman–Crippen LogP) is 2.12. The quantitative estimate of drug-likeness (QED) is 0.783. The third-order valence-corrected chi connectivity index (χ3v) is 4.08. The first-order chi connectivity index (χ1) is 7.47. The first-order valence-electron chi connectivity index (χ1n) is 5.52. The first kappa shape index (κ1) is 12.0. The molecule has 0 atom stereocenters. The number of hydrogen-bond acceptors (Lipinski definition) is 5. The van der Waals surface area contributed by atoms with Gasteiger partial charge in [-0.3, -0.25) is 10.00 Å². The summed E-state index contributed by atoms with van der Waals surface area (Å²) in [6, 6.07) is 0. The highest BCUT2D eigenvalue weighted by molar-refractivity contribution is 7.73. The molecule has 4 nitrogen and oxygen atoms in total. The zero-order chi connectivity index (χ0) is 11.8. The van der Waals surface area contributed by atoms with Crippen LogP contribution in [0.5, 0.6) is 0 Å². The third-order valence-electron chi connectivity index (χ3n) is 2.93. The van der Waals surface area contributed by atoms with Gasteiger partial charge in [0.1, 0.15) is 0 Å². The van der Waals surface area contributed by atoms with E-state index in [4.69, 9.17) is 12.2 Å². The number of rotatable bonds is 1. The van der Waals surface area contributed by atoms with Crippen LogP contribution in [0, 0.1) is 3.95 Å². The summed E-state index contributed by atoms with van der Waals surface area (Å²) in [5.41, 5.74) is 0.268. The Labute approximate surface area is 105 Å². The van der Waals surface area contributed by atoms with Crippen LogP contribution in [-0.4, -0.2) is 46.8 Å². The molecule has 2 heterocycles. The summed E-state index contributed by atoms with van der Waals surface area (Å²) in [4.78, 5) is 4.81. The molecule has 0 amide bonds. The van der Waals surface area contributed by atoms with Gasteiger partial charge in [0.25, 0.3) is 0 Å². The summed E-state index contributed by atoms with van der Waals surface area (Å²) in [7, 11) is 0. The maximum Gasteiger partial charge on any atom is 0.207 e. The second-order valence-electron chi connectivity index (χ2n) is 5.04. The van der Waals surface area contributed by atoms with Crippen molar-refractivity contribution in [1.29, 1.82) is 0 Å². The molecule has 90 valence electrons. The van der Waals surface area contributed by atoms with Crippen molar-refractivity contribution in [3.63, 3.8) is 0 Å². The summed E-state index contributed by atoms with van der Waals surface area (Å²) in [6.45, 7) is 11.1. The van der Waals surface area contributed by atoms with Crippen molar-refractivity contribution in [1.82, 2.24) is 15.1 Å². The van der Waals surface area contributed by atoms with Crippen molar-refractivity contribution in [3.8, 4) is 0 Å². The van der Waals surface area contributed by atoms with E-state index in [2.05, 4.69) is 40.8 Å². The van der Waals surface area contributed by atoms with E-state index in [0.29, 0.717) is 0 Å². The first-order valence-corrected chi connectivity index (χ1v) is 6.75. The second kappa shape index (κ2) is 4.43. The summed E-state index contributed by atoms with van der Waals surface area (Å²) in [5, 5.41) is 8.09. The van der Waals surface area contributed by atoms with Gasteiger partial charge in [-0.15, -0.1) is 5.10 Å². The van der Waals surface area contributed by atoms with E-state index in [1.54, 1.807) is 11.3 Å². The Morgan fingerprint density at radius 1 is 1.25 bits per heavy atom. The van der Waals surface area contributed by atoms with Crippen molar-refractivity contribution < 1.29 is 0 Å². The molecule has 1 N–H and O–H groups in total. The van der Waals surface area contributed by atoms with Gasteiger partial charge in [-0.05, 0) is 33.0 Å². The number of nitrogens with one attached hydrogen (secondary N) is 1. The standard InChI is InChI=1S/C10H18N4S2/c1-10(2,3)14-6-4-13(5-7-14)8-11-12-9(15)16-8/h4-7H2,1-3H3,(H,12,15). The molecule has 1 aliphatic rings. The number of aromatic nitrogens is 2. The van der Waals surface area contributed by atoms with E-state index in [0.717, 1.165) is 35.3 Å². The monoisotopic (exact) mass is 258 g/mol. The van der Waals surface area contributed by atoms with Gasteiger partial charge >= 0.3 is 0 Å². The number of H-pyrrole nitrogens is 1. The zero-order valence-corrected chi connectivity index (χ0v) is 11.6.